The summed E-state index contributed by atoms with van der Waals surface area (Å²) in [5.41, 5.74) is 0. The fourth-order valence-electron chi connectivity index (χ4n) is 0. The minimum atomic E-state index is -1.72. The van der Waals surface area contributed by atoms with Crippen molar-refractivity contribution in [2.45, 2.75) is 3.79 Å². The molecular weight excluding hydrogens is 178 g/mol. The van der Waals surface area contributed by atoms with Gasteiger partial charge in [0.2, 0.25) is 3.79 Å². The Morgan fingerprint density at radius 1 is 1.12 bits per heavy atom. The van der Waals surface area contributed by atoms with Gasteiger partial charge in [-0.05, 0) is 0 Å². The Kier molecular flexibility index (Phi) is 11.0. The maximum Gasteiger partial charge on any atom is 0.245 e. The summed E-state index contributed by atoms with van der Waals surface area (Å²) in [5, 5.41) is 0. The van der Waals surface area contributed by atoms with Crippen molar-refractivity contribution in [3.8, 4) is 0 Å². The molecule has 0 aliphatic carbocycles. The largest absolute Gasteiger partial charge is 0.412 e. The zero-order valence-corrected chi connectivity index (χ0v) is 5.89. The second-order valence-corrected chi connectivity index (χ2v) is 3.03. The highest BCUT2D eigenvalue weighted by atomic mass is 35.6. The lowest BCUT2D eigenvalue weighted by molar-refractivity contribution is -0.107. The number of carbonyl (C=O) groups is 1. The van der Waals surface area contributed by atoms with Crippen molar-refractivity contribution in [3.63, 3.8) is 0 Å². The monoisotopic (exact) mass is 182 g/mol. The molecule has 0 aliphatic rings. The lowest BCUT2D eigenvalue weighted by Gasteiger charge is -1.93. The molecule has 0 atom stereocenters. The second kappa shape index (κ2) is 5.59. The van der Waals surface area contributed by atoms with E-state index in [9.17, 15) is 4.79 Å². The molecule has 6 heteroatoms. The molecule has 0 bridgehead atoms. The smallest absolute Gasteiger partial charge is 0.245 e. The first kappa shape index (κ1) is 15.8. The topological polar surface area (TPSA) is 80.1 Å². The molecule has 0 aliphatic heterocycles. The molecule has 8 heavy (non-hydrogen) atoms. The van der Waals surface area contributed by atoms with E-state index in [0.717, 1.165) is 0 Å². The van der Waals surface area contributed by atoms with E-state index >= 15 is 0 Å². The average Bonchev–Trinajstić information content (AvgIpc) is 1.35. The van der Waals surface area contributed by atoms with E-state index in [1.54, 1.807) is 0 Å². The zero-order chi connectivity index (χ0) is 5.21. The van der Waals surface area contributed by atoms with Crippen LogP contribution in [0.2, 0.25) is 0 Å². The molecule has 0 rings (SSSR count). The van der Waals surface area contributed by atoms with Crippen molar-refractivity contribution in [2.24, 2.45) is 0 Å². The van der Waals surface area contributed by atoms with E-state index in [1.165, 1.54) is 0 Å². The molecule has 0 aromatic heterocycles. The summed E-state index contributed by atoms with van der Waals surface area (Å²) in [6.07, 6.45) is 0.234. The molecule has 0 aromatic rings. The van der Waals surface area contributed by atoms with Crippen LogP contribution in [-0.2, 0) is 4.79 Å². The summed E-state index contributed by atoms with van der Waals surface area (Å²) >= 11 is 14.6. The van der Waals surface area contributed by atoms with E-state index in [4.69, 9.17) is 34.8 Å². The van der Waals surface area contributed by atoms with Crippen molar-refractivity contribution >= 4 is 41.1 Å². The second-order valence-electron chi connectivity index (χ2n) is 0.659. The fraction of sp³-hybridized carbons (Fsp3) is 0.500. The maximum atomic E-state index is 9.43. The molecule has 0 aromatic carbocycles. The summed E-state index contributed by atoms with van der Waals surface area (Å²) in [6, 6.07) is 0. The molecule has 52 valence electrons. The van der Waals surface area contributed by atoms with E-state index in [0.29, 0.717) is 0 Å². The lowest BCUT2D eigenvalue weighted by Crippen LogP contribution is -2.00. The van der Waals surface area contributed by atoms with Crippen LogP contribution in [0.3, 0.4) is 0 Å². The lowest BCUT2D eigenvalue weighted by atomic mass is 10.9. The Hall–Kier alpha value is 0.460. The summed E-state index contributed by atoms with van der Waals surface area (Å²) in [6.45, 7) is 0. The molecule has 0 fully saturated rings. The number of hydrogen-bond acceptors (Lipinski definition) is 1. The zero-order valence-electron chi connectivity index (χ0n) is 3.62. The van der Waals surface area contributed by atoms with Crippen molar-refractivity contribution < 1.29 is 15.7 Å². The van der Waals surface area contributed by atoms with Gasteiger partial charge in [0, 0.05) is 0 Å². The van der Waals surface area contributed by atoms with E-state index in [1.807, 2.05) is 0 Å². The van der Waals surface area contributed by atoms with Crippen LogP contribution < -0.4 is 0 Å². The Bertz CT molecular complexity index is 58.0. The molecule has 4 N–H and O–H groups in total. The first-order valence-electron chi connectivity index (χ1n) is 1.09. The van der Waals surface area contributed by atoms with Gasteiger partial charge in [-0.15, -0.1) is 0 Å². The van der Waals surface area contributed by atoms with Gasteiger partial charge in [-0.1, -0.05) is 34.8 Å². The number of aldehydes is 1. The Balaban J connectivity index is -0.000000125. The van der Waals surface area contributed by atoms with Gasteiger partial charge in [0.25, 0.3) is 0 Å². The van der Waals surface area contributed by atoms with Crippen LogP contribution in [0, 0.1) is 0 Å². The van der Waals surface area contributed by atoms with Crippen LogP contribution in [0.4, 0.5) is 0 Å². The third-order valence-corrected chi connectivity index (χ3v) is 0.401. The van der Waals surface area contributed by atoms with Gasteiger partial charge in [0.15, 0.2) is 6.29 Å². The normalized spacial score (nSPS) is 8.38. The molecule has 0 radical (unpaired) electrons. The van der Waals surface area contributed by atoms with E-state index < -0.39 is 3.79 Å². The van der Waals surface area contributed by atoms with Gasteiger partial charge >= 0.3 is 0 Å². The van der Waals surface area contributed by atoms with Crippen molar-refractivity contribution in [2.75, 3.05) is 0 Å². The SMILES string of the molecule is O.O.O=CC(Cl)(Cl)Cl. The predicted octanol–water partition coefficient (Wildman–Crippen LogP) is -0.0939. The van der Waals surface area contributed by atoms with Crippen LogP contribution in [0.5, 0.6) is 0 Å². The average molecular weight is 183 g/mol. The molecular formula is C2H5Cl3O3. The fourth-order valence-corrected chi connectivity index (χ4v) is 0. The molecule has 0 saturated carbocycles. The van der Waals surface area contributed by atoms with Gasteiger partial charge < -0.3 is 11.0 Å². The Labute approximate surface area is 61.1 Å². The summed E-state index contributed by atoms with van der Waals surface area (Å²) in [7, 11) is 0. The quantitative estimate of drug-likeness (QED) is 0.382. The van der Waals surface area contributed by atoms with E-state index in [2.05, 4.69) is 0 Å². The maximum absolute atomic E-state index is 9.43. The summed E-state index contributed by atoms with van der Waals surface area (Å²) < 4.78 is -1.72. The van der Waals surface area contributed by atoms with Crippen molar-refractivity contribution in [3.05, 3.63) is 0 Å². The first-order chi connectivity index (χ1) is 2.56. The number of alkyl halides is 3. The van der Waals surface area contributed by atoms with Crippen LogP contribution >= 0.6 is 34.8 Å². The van der Waals surface area contributed by atoms with Gasteiger partial charge in [-0.25, -0.2) is 0 Å². The Morgan fingerprint density at radius 2 is 1.25 bits per heavy atom. The van der Waals surface area contributed by atoms with Crippen LogP contribution in [0.1, 0.15) is 0 Å². The number of carbonyl (C=O) groups excluding carboxylic acids is 1. The molecule has 0 amide bonds. The highest BCUT2D eigenvalue weighted by molar-refractivity contribution is 6.74. The van der Waals surface area contributed by atoms with Crippen LogP contribution in [0.15, 0.2) is 0 Å². The minimum Gasteiger partial charge on any atom is -0.412 e. The van der Waals surface area contributed by atoms with Crippen molar-refractivity contribution in [1.82, 2.24) is 0 Å². The highest BCUT2D eigenvalue weighted by Crippen LogP contribution is 2.21. The number of halogens is 3. The third-order valence-electron chi connectivity index (χ3n) is 0.134. The van der Waals surface area contributed by atoms with Gasteiger partial charge in [-0.3, -0.25) is 4.79 Å². The summed E-state index contributed by atoms with van der Waals surface area (Å²) in [5.74, 6) is 0. The standard InChI is InChI=1S/C2HCl3O.2H2O/c3-2(4,5)1-6;;/h1H;2*1H2. The molecule has 3 nitrogen and oxygen atoms in total. The molecule has 0 saturated heterocycles. The minimum absolute atomic E-state index is 0. The summed E-state index contributed by atoms with van der Waals surface area (Å²) in [4.78, 5) is 9.43. The molecule has 0 heterocycles. The van der Waals surface area contributed by atoms with Gasteiger partial charge in [-0.2, -0.15) is 0 Å². The van der Waals surface area contributed by atoms with Gasteiger partial charge in [0.1, 0.15) is 0 Å². The van der Waals surface area contributed by atoms with E-state index in [-0.39, 0.29) is 17.2 Å². The van der Waals surface area contributed by atoms with Crippen LogP contribution in [0.25, 0.3) is 0 Å². The van der Waals surface area contributed by atoms with Crippen molar-refractivity contribution in [1.29, 1.82) is 0 Å². The number of rotatable bonds is 0. The predicted molar refractivity (Wildman–Crippen MR) is 33.6 cm³/mol. The van der Waals surface area contributed by atoms with Gasteiger partial charge in [0.05, 0.1) is 0 Å². The number of hydrogen-bond donors (Lipinski definition) is 0. The first-order valence-corrected chi connectivity index (χ1v) is 2.23. The molecule has 0 unspecified atom stereocenters. The highest BCUT2D eigenvalue weighted by Gasteiger charge is 2.16. The third kappa shape index (κ3) is 16.1. The van der Waals surface area contributed by atoms with Crippen LogP contribution in [-0.4, -0.2) is 21.0 Å². The Morgan fingerprint density at radius 3 is 1.25 bits per heavy atom. The molecule has 0 spiro atoms.